The van der Waals surface area contributed by atoms with Gasteiger partial charge in [-0.25, -0.2) is 0 Å². The zero-order chi connectivity index (χ0) is 0. The topological polar surface area (TPSA) is 0 Å². The van der Waals surface area contributed by atoms with Gasteiger partial charge in [0.15, 0.2) is 34.7 Å². The van der Waals surface area contributed by atoms with E-state index in [2.05, 4.69) is 0 Å². The van der Waals surface area contributed by atoms with Crippen LogP contribution in [0.2, 0.25) is 0 Å². The van der Waals surface area contributed by atoms with Gasteiger partial charge in [0.05, 0.1) is 0 Å². The third-order valence-corrected chi connectivity index (χ3v) is 0. The molecule has 0 aromatic carbocycles. The van der Waals surface area contributed by atoms with Crippen LogP contribution in [0.1, 0.15) is 2.85 Å². The zero-order valence-electron chi connectivity index (χ0n) is 3.78. The summed E-state index contributed by atoms with van der Waals surface area (Å²) >= 11 is 0. The minimum atomic E-state index is 0. The average molecular weight is 223 g/mol. The Kier molecular flexibility index (Phi) is 197. The fraction of sp³-hybridized carbons (Fsp3) is 0. The molecular formula is H8Al2MgScZr. The van der Waals surface area contributed by atoms with Gasteiger partial charge in [-0.3, -0.25) is 0 Å². The van der Waals surface area contributed by atoms with Crippen molar-refractivity contribution in [3.8, 4) is 0 Å². The molecular weight excluding hydrogens is 214 g/mol. The van der Waals surface area contributed by atoms with E-state index < -0.39 is 0 Å². The molecule has 0 unspecified atom stereocenters. The Bertz CT molecular complexity index is 15.7. The minimum Gasteiger partial charge on any atom is -1.00 e. The molecule has 1 radical (unpaired) electrons. The standard InChI is InChI=1S/2Al.Mg.Sc.Zr.8H/q;;+2;;;;;;;;;2*-1. The maximum atomic E-state index is 0. The molecule has 0 bridgehead atoms. The Hall–Kier alpha value is 3.58. The van der Waals surface area contributed by atoms with Crippen molar-refractivity contribution in [2.45, 2.75) is 0 Å². The summed E-state index contributed by atoms with van der Waals surface area (Å²) in [7, 11) is 0. The summed E-state index contributed by atoms with van der Waals surface area (Å²) in [5.74, 6) is 0. The smallest absolute Gasteiger partial charge is 1.00 e. The van der Waals surface area contributed by atoms with Gasteiger partial charge in [-0.2, -0.15) is 0 Å². The molecule has 0 fully saturated rings. The average Bonchev–Trinajstić information content (AvgIpc) is 0. The second-order valence-corrected chi connectivity index (χ2v) is 0. The molecule has 0 aliphatic rings. The van der Waals surface area contributed by atoms with Crippen LogP contribution in [0.5, 0.6) is 0 Å². The molecule has 0 saturated heterocycles. The summed E-state index contributed by atoms with van der Waals surface area (Å²) in [4.78, 5) is 0. The van der Waals surface area contributed by atoms with Crippen LogP contribution >= 0.6 is 0 Å². The van der Waals surface area contributed by atoms with Crippen molar-refractivity contribution in [3.63, 3.8) is 0 Å². The molecule has 0 aliphatic heterocycles. The third kappa shape index (κ3) is 18.4. The Balaban J connectivity index is 0. The van der Waals surface area contributed by atoms with E-state index in [1.54, 1.807) is 0 Å². The van der Waals surface area contributed by atoms with Crippen LogP contribution in [0.15, 0.2) is 0 Å². The molecule has 23 valence electrons. The van der Waals surface area contributed by atoms with Crippen LogP contribution in [0.3, 0.4) is 0 Å². The molecule has 0 saturated carbocycles. The molecule has 0 aliphatic carbocycles. The van der Waals surface area contributed by atoms with Crippen molar-refractivity contribution in [1.82, 2.24) is 0 Å². The summed E-state index contributed by atoms with van der Waals surface area (Å²) in [6.45, 7) is 0. The van der Waals surface area contributed by atoms with Gasteiger partial charge < -0.3 is 2.85 Å². The minimum absolute atomic E-state index is 0. The van der Waals surface area contributed by atoms with Crippen LogP contribution in [0.4, 0.5) is 0 Å². The van der Waals surface area contributed by atoms with Crippen molar-refractivity contribution >= 4 is 57.8 Å². The Morgan fingerprint density at radius 3 is 1.00 bits per heavy atom. The van der Waals surface area contributed by atoms with Crippen molar-refractivity contribution < 1.29 is 54.9 Å². The van der Waals surface area contributed by atoms with Crippen molar-refractivity contribution in [3.05, 3.63) is 0 Å². The van der Waals surface area contributed by atoms with Gasteiger partial charge in [-0.1, -0.05) is 0 Å². The first-order chi connectivity index (χ1) is 0. The molecule has 0 rings (SSSR count). The monoisotopic (exact) mass is 221 g/mol. The second kappa shape index (κ2) is 25.6. The van der Waals surface area contributed by atoms with Crippen LogP contribution in [0, 0.1) is 0 Å². The third-order valence-electron chi connectivity index (χ3n) is 0. The van der Waals surface area contributed by atoms with Gasteiger partial charge in [0.1, 0.15) is 0 Å². The maximum Gasteiger partial charge on any atom is 2.00 e. The summed E-state index contributed by atoms with van der Waals surface area (Å²) in [5.41, 5.74) is 0. The van der Waals surface area contributed by atoms with Crippen LogP contribution in [-0.4, -0.2) is 57.8 Å². The number of rotatable bonds is 0. The van der Waals surface area contributed by atoms with E-state index in [0.717, 1.165) is 0 Å². The van der Waals surface area contributed by atoms with E-state index in [1.165, 1.54) is 0 Å². The van der Waals surface area contributed by atoms with Gasteiger partial charge in [0.2, 0.25) is 0 Å². The molecule has 0 N–H and O–H groups in total. The molecule has 0 spiro atoms. The Labute approximate surface area is 111 Å². The molecule has 0 heterocycles. The van der Waals surface area contributed by atoms with Gasteiger partial charge in [-0.15, -0.1) is 0 Å². The van der Waals surface area contributed by atoms with E-state index >= 15 is 0 Å². The first-order valence-electron chi connectivity index (χ1n) is 0. The fourth-order valence-corrected chi connectivity index (χ4v) is 0. The van der Waals surface area contributed by atoms with E-state index in [-0.39, 0.29) is 113 Å². The first kappa shape index (κ1) is 38.4. The normalized spacial score (nSPS) is 0. The molecule has 0 aromatic heterocycles. The van der Waals surface area contributed by atoms with Crippen LogP contribution in [-0.2, 0) is 52.0 Å². The molecule has 0 aromatic rings. The Morgan fingerprint density at radius 1 is 1.00 bits per heavy atom. The van der Waals surface area contributed by atoms with Crippen molar-refractivity contribution in [2.24, 2.45) is 0 Å². The van der Waals surface area contributed by atoms with Crippen LogP contribution in [0.25, 0.3) is 0 Å². The Morgan fingerprint density at radius 2 is 1.00 bits per heavy atom. The summed E-state index contributed by atoms with van der Waals surface area (Å²) < 4.78 is 0. The maximum absolute atomic E-state index is 0. The molecule has 5 heavy (non-hydrogen) atoms. The molecule has 0 nitrogen and oxygen atoms in total. The molecule has 0 amide bonds. The van der Waals surface area contributed by atoms with Gasteiger partial charge in [-0.05, 0) is 0 Å². The molecule has 0 atom stereocenters. The van der Waals surface area contributed by atoms with E-state index in [1.807, 2.05) is 0 Å². The predicted octanol–water partition coefficient (Wildman–Crippen LogP) is -2.53. The largest absolute Gasteiger partial charge is 2.00 e. The molecule has 5 heteroatoms. The number of hydrogen-bond donors (Lipinski definition) is 0. The quantitative estimate of drug-likeness (QED) is 0.397. The van der Waals surface area contributed by atoms with Crippen molar-refractivity contribution in [2.75, 3.05) is 0 Å². The SMILES string of the molecule is [AlH3].[AlH3].[H-].[H-].[Mg+2].[Sc].[Zr]. The van der Waals surface area contributed by atoms with Gasteiger partial charge >= 0.3 is 23.1 Å². The van der Waals surface area contributed by atoms with Gasteiger partial charge in [0, 0.05) is 52.0 Å². The van der Waals surface area contributed by atoms with E-state index in [0.29, 0.717) is 0 Å². The summed E-state index contributed by atoms with van der Waals surface area (Å²) in [5, 5.41) is 0. The van der Waals surface area contributed by atoms with Crippen LogP contribution < -0.4 is 0 Å². The van der Waals surface area contributed by atoms with E-state index in [9.17, 15) is 0 Å². The summed E-state index contributed by atoms with van der Waals surface area (Å²) in [6, 6.07) is 0. The number of hydrogen-bond acceptors (Lipinski definition) is 0. The van der Waals surface area contributed by atoms with E-state index in [4.69, 9.17) is 0 Å². The summed E-state index contributed by atoms with van der Waals surface area (Å²) in [6.07, 6.45) is 0. The van der Waals surface area contributed by atoms with Crippen molar-refractivity contribution in [1.29, 1.82) is 0 Å². The predicted molar refractivity (Wildman–Crippen MR) is 27.9 cm³/mol. The zero-order valence-corrected chi connectivity index (χ0v) is 7.46. The fourth-order valence-electron chi connectivity index (χ4n) is 0. The first-order valence-corrected chi connectivity index (χ1v) is 0. The van der Waals surface area contributed by atoms with Gasteiger partial charge in [0.25, 0.3) is 0 Å². The second-order valence-electron chi connectivity index (χ2n) is 0.